The third-order valence-corrected chi connectivity index (χ3v) is 3.29. The van der Waals surface area contributed by atoms with Crippen LogP contribution in [0.15, 0.2) is 22.0 Å². The van der Waals surface area contributed by atoms with Gasteiger partial charge in [0.2, 0.25) is 0 Å². The summed E-state index contributed by atoms with van der Waals surface area (Å²) in [5, 5.41) is 1.14. The molecule has 1 aromatic heterocycles. The average molecular weight is 243 g/mol. The minimum Gasteiger partial charge on any atom is -0.397 e. The normalized spacial score (nSPS) is 10.8. The number of anilines is 2. The van der Waals surface area contributed by atoms with Gasteiger partial charge in [-0.05, 0) is 39.5 Å². The number of benzene rings is 1. The van der Waals surface area contributed by atoms with Gasteiger partial charge >= 0.3 is 0 Å². The van der Waals surface area contributed by atoms with Crippen molar-refractivity contribution in [1.82, 2.24) is 0 Å². The Hall–Kier alpha value is -0.740. The number of nitrogens with two attached hydrogens (primary N) is 2. The lowest BCUT2D eigenvalue weighted by molar-refractivity contribution is 1.74. The van der Waals surface area contributed by atoms with E-state index in [2.05, 4.69) is 15.9 Å². The van der Waals surface area contributed by atoms with Crippen molar-refractivity contribution >= 4 is 48.7 Å². The predicted octanol–water partition coefficient (Wildman–Crippen LogP) is 2.83. The molecule has 62 valence electrons. The van der Waals surface area contributed by atoms with Gasteiger partial charge in [0, 0.05) is 4.70 Å². The second-order valence-electron chi connectivity index (χ2n) is 2.57. The summed E-state index contributed by atoms with van der Waals surface area (Å²) in [6, 6.07) is 5.84. The van der Waals surface area contributed by atoms with Gasteiger partial charge in [0.25, 0.3) is 0 Å². The Morgan fingerprint density at radius 3 is 2.50 bits per heavy atom. The summed E-state index contributed by atoms with van der Waals surface area (Å²) in [5.41, 5.74) is 12.6. The molecule has 4 N–H and O–H groups in total. The summed E-state index contributed by atoms with van der Waals surface area (Å²) in [5.74, 6) is 0. The van der Waals surface area contributed by atoms with Gasteiger partial charge in [-0.3, -0.25) is 0 Å². The van der Waals surface area contributed by atoms with Crippen LogP contribution < -0.4 is 11.5 Å². The van der Waals surface area contributed by atoms with Crippen molar-refractivity contribution in [3.05, 3.63) is 22.0 Å². The highest BCUT2D eigenvalue weighted by Crippen LogP contribution is 2.33. The Morgan fingerprint density at radius 1 is 1.08 bits per heavy atom. The van der Waals surface area contributed by atoms with E-state index in [0.717, 1.165) is 13.9 Å². The molecule has 2 nitrogen and oxygen atoms in total. The molecule has 4 heteroatoms. The van der Waals surface area contributed by atoms with Gasteiger partial charge in [0.05, 0.1) is 15.2 Å². The molecule has 0 aliphatic carbocycles. The zero-order valence-electron chi connectivity index (χ0n) is 6.17. The Kier molecular flexibility index (Phi) is 1.73. The maximum Gasteiger partial charge on any atom is 0.0711 e. The second kappa shape index (κ2) is 2.64. The van der Waals surface area contributed by atoms with E-state index >= 15 is 0 Å². The highest BCUT2D eigenvalue weighted by atomic mass is 79.9. The number of fused-ring (bicyclic) bond motifs is 1. The van der Waals surface area contributed by atoms with Gasteiger partial charge in [-0.2, -0.15) is 0 Å². The van der Waals surface area contributed by atoms with Crippen LogP contribution in [0.25, 0.3) is 10.1 Å². The molecule has 0 fully saturated rings. The fraction of sp³-hybridized carbons (Fsp3) is 0. The lowest BCUT2D eigenvalue weighted by atomic mass is 10.2. The fourth-order valence-electron chi connectivity index (χ4n) is 1.09. The quantitative estimate of drug-likeness (QED) is 0.699. The smallest absolute Gasteiger partial charge is 0.0711 e. The number of halogens is 1. The van der Waals surface area contributed by atoms with Gasteiger partial charge in [0.1, 0.15) is 0 Å². The summed E-state index contributed by atoms with van der Waals surface area (Å²) >= 11 is 5.07. The molecule has 0 atom stereocenters. The minimum atomic E-state index is 0.646. The highest BCUT2D eigenvalue weighted by Gasteiger charge is 2.02. The molecule has 12 heavy (non-hydrogen) atoms. The molecule has 1 aromatic carbocycles. The van der Waals surface area contributed by atoms with E-state index in [9.17, 15) is 0 Å². The average Bonchev–Trinajstić information content (AvgIpc) is 2.30. The van der Waals surface area contributed by atoms with E-state index in [1.807, 2.05) is 18.2 Å². The van der Waals surface area contributed by atoms with Crippen LogP contribution in [-0.2, 0) is 0 Å². The molecule has 0 unspecified atom stereocenters. The largest absolute Gasteiger partial charge is 0.397 e. The van der Waals surface area contributed by atoms with Gasteiger partial charge in [0.15, 0.2) is 0 Å². The van der Waals surface area contributed by atoms with E-state index in [4.69, 9.17) is 11.5 Å². The van der Waals surface area contributed by atoms with Gasteiger partial charge < -0.3 is 11.5 Å². The maximum atomic E-state index is 5.66. The van der Waals surface area contributed by atoms with Crippen LogP contribution in [0.2, 0.25) is 0 Å². The zero-order valence-corrected chi connectivity index (χ0v) is 8.58. The topological polar surface area (TPSA) is 52.0 Å². The van der Waals surface area contributed by atoms with Crippen molar-refractivity contribution < 1.29 is 0 Å². The highest BCUT2D eigenvalue weighted by molar-refractivity contribution is 9.11. The number of hydrogen-bond donors (Lipinski definition) is 2. The van der Waals surface area contributed by atoms with Crippen LogP contribution in [0.3, 0.4) is 0 Å². The van der Waals surface area contributed by atoms with Crippen molar-refractivity contribution in [1.29, 1.82) is 0 Å². The molecule has 2 aromatic rings. The van der Waals surface area contributed by atoms with Crippen molar-refractivity contribution in [3.8, 4) is 0 Å². The first-order valence-electron chi connectivity index (χ1n) is 3.41. The van der Waals surface area contributed by atoms with E-state index < -0.39 is 0 Å². The lowest BCUT2D eigenvalue weighted by Crippen LogP contribution is -1.92. The lowest BCUT2D eigenvalue weighted by Gasteiger charge is -1.98. The molecule has 2 rings (SSSR count). The maximum absolute atomic E-state index is 5.66. The summed E-state index contributed by atoms with van der Waals surface area (Å²) < 4.78 is 2.26. The standard InChI is InChI=1S/C8H7BrN2S/c9-8-2-4-1-5(10)6(11)3-7(4)12-8/h1-3H,10-11H2. The number of thiophene rings is 1. The SMILES string of the molecule is Nc1cc2cc(Br)sc2cc1N. The van der Waals surface area contributed by atoms with E-state index in [0.29, 0.717) is 11.4 Å². The van der Waals surface area contributed by atoms with Crippen LogP contribution in [-0.4, -0.2) is 0 Å². The van der Waals surface area contributed by atoms with Crippen molar-refractivity contribution in [2.75, 3.05) is 11.5 Å². The first-order chi connectivity index (χ1) is 5.66. The molecule has 0 aliphatic heterocycles. The Labute approximate surface area is 82.3 Å². The van der Waals surface area contributed by atoms with Gasteiger partial charge in [-0.1, -0.05) is 0 Å². The molecule has 0 spiro atoms. The summed E-state index contributed by atoms with van der Waals surface area (Å²) in [4.78, 5) is 0. The molecule has 0 amide bonds. The summed E-state index contributed by atoms with van der Waals surface area (Å²) in [6.45, 7) is 0. The molecule has 0 bridgehead atoms. The number of rotatable bonds is 0. The molecular formula is C8H7BrN2S. The predicted molar refractivity (Wildman–Crippen MR) is 58.3 cm³/mol. The minimum absolute atomic E-state index is 0.646. The van der Waals surface area contributed by atoms with Crippen LogP contribution in [0.5, 0.6) is 0 Å². The van der Waals surface area contributed by atoms with Crippen LogP contribution in [0.4, 0.5) is 11.4 Å². The Morgan fingerprint density at radius 2 is 1.75 bits per heavy atom. The van der Waals surface area contributed by atoms with Crippen LogP contribution >= 0.6 is 27.3 Å². The molecule has 0 aliphatic rings. The molecule has 1 heterocycles. The Balaban J connectivity index is 2.83. The number of hydrogen-bond acceptors (Lipinski definition) is 3. The van der Waals surface area contributed by atoms with E-state index in [1.54, 1.807) is 11.3 Å². The molecule has 0 saturated carbocycles. The first-order valence-corrected chi connectivity index (χ1v) is 5.02. The zero-order chi connectivity index (χ0) is 8.72. The molecule has 0 radical (unpaired) electrons. The van der Waals surface area contributed by atoms with Gasteiger partial charge in [-0.25, -0.2) is 0 Å². The first kappa shape index (κ1) is 7.89. The van der Waals surface area contributed by atoms with Crippen molar-refractivity contribution in [2.24, 2.45) is 0 Å². The van der Waals surface area contributed by atoms with Crippen molar-refractivity contribution in [3.63, 3.8) is 0 Å². The second-order valence-corrected chi connectivity index (χ2v) is 5.03. The number of nitrogen functional groups attached to an aromatic ring is 2. The monoisotopic (exact) mass is 242 g/mol. The van der Waals surface area contributed by atoms with Crippen molar-refractivity contribution in [2.45, 2.75) is 0 Å². The fourth-order valence-corrected chi connectivity index (χ4v) is 2.68. The third kappa shape index (κ3) is 1.17. The molecular weight excluding hydrogens is 236 g/mol. The van der Waals surface area contributed by atoms with Crippen LogP contribution in [0, 0.1) is 0 Å². The summed E-state index contributed by atoms with van der Waals surface area (Å²) in [6.07, 6.45) is 0. The van der Waals surface area contributed by atoms with Crippen LogP contribution in [0.1, 0.15) is 0 Å². The Bertz CT molecular complexity index is 397. The van der Waals surface area contributed by atoms with E-state index in [1.165, 1.54) is 0 Å². The molecule has 0 saturated heterocycles. The van der Waals surface area contributed by atoms with Gasteiger partial charge in [-0.15, -0.1) is 11.3 Å². The van der Waals surface area contributed by atoms with E-state index in [-0.39, 0.29) is 0 Å². The third-order valence-electron chi connectivity index (χ3n) is 1.69. The summed E-state index contributed by atoms with van der Waals surface area (Å²) in [7, 11) is 0.